The molecule has 0 saturated carbocycles. The highest BCUT2D eigenvalue weighted by molar-refractivity contribution is 5.14. The maximum absolute atomic E-state index is 14.7. The number of alkyl halides is 4. The molecule has 0 spiro atoms. The molecule has 3 atom stereocenters. The molecular weight excluding hydrogens is 392 g/mol. The maximum Gasteiger partial charge on any atom is 0.362 e. The summed E-state index contributed by atoms with van der Waals surface area (Å²) in [6.45, 7) is -0.515. The van der Waals surface area contributed by atoms with Gasteiger partial charge in [0.05, 0.1) is 19.8 Å². The van der Waals surface area contributed by atoms with Crippen LogP contribution < -0.4 is 0 Å². The number of benzene rings is 2. The summed E-state index contributed by atoms with van der Waals surface area (Å²) in [7, 11) is 0.891. The molecule has 29 heavy (non-hydrogen) atoms. The Bertz CT molecular complexity index is 758. The fourth-order valence-electron chi connectivity index (χ4n) is 3.07. The van der Waals surface area contributed by atoms with Crippen molar-refractivity contribution in [2.45, 2.75) is 43.6 Å². The Balaban J connectivity index is 1.73. The normalized spacial score (nSPS) is 25.6. The molecule has 1 heterocycles. The third-order valence-electron chi connectivity index (χ3n) is 4.61. The van der Waals surface area contributed by atoms with E-state index in [1.807, 2.05) is 6.07 Å². The van der Waals surface area contributed by atoms with Crippen LogP contribution in [0.3, 0.4) is 0 Å². The Labute approximate surface area is 166 Å². The van der Waals surface area contributed by atoms with E-state index in [1.54, 1.807) is 54.6 Å². The molecule has 4 nitrogen and oxygen atoms in total. The molecule has 3 rings (SSSR count). The second-order valence-electron chi connectivity index (χ2n) is 6.71. The van der Waals surface area contributed by atoms with Crippen LogP contribution in [0.4, 0.5) is 17.6 Å². The van der Waals surface area contributed by atoms with E-state index >= 15 is 0 Å². The van der Waals surface area contributed by atoms with Gasteiger partial charge in [-0.1, -0.05) is 60.7 Å². The quantitative estimate of drug-likeness (QED) is 0.599. The highest BCUT2D eigenvalue weighted by atomic mass is 19.3. The maximum atomic E-state index is 14.7. The van der Waals surface area contributed by atoms with Gasteiger partial charge < -0.3 is 18.9 Å². The Hall–Kier alpha value is -2.00. The lowest BCUT2D eigenvalue weighted by molar-refractivity contribution is -0.406. The highest BCUT2D eigenvalue weighted by Crippen LogP contribution is 2.47. The van der Waals surface area contributed by atoms with Crippen molar-refractivity contribution in [3.63, 3.8) is 0 Å². The molecule has 0 aromatic heterocycles. The second-order valence-corrected chi connectivity index (χ2v) is 6.71. The van der Waals surface area contributed by atoms with Crippen LogP contribution in [0, 0.1) is 0 Å². The molecule has 1 fully saturated rings. The molecule has 1 aliphatic rings. The molecule has 0 N–H and O–H groups in total. The molecule has 2 aromatic carbocycles. The van der Waals surface area contributed by atoms with Gasteiger partial charge in [0.15, 0.2) is 6.10 Å². The number of rotatable bonds is 8. The second kappa shape index (κ2) is 9.21. The zero-order chi connectivity index (χ0) is 20.9. The van der Waals surface area contributed by atoms with E-state index in [-0.39, 0.29) is 19.8 Å². The Morgan fingerprint density at radius 1 is 0.828 bits per heavy atom. The molecule has 158 valence electrons. The first-order chi connectivity index (χ1) is 13.9. The summed E-state index contributed by atoms with van der Waals surface area (Å²) >= 11 is 0. The molecule has 1 unspecified atom stereocenters. The topological polar surface area (TPSA) is 36.9 Å². The number of halogens is 4. The largest absolute Gasteiger partial charge is 0.374 e. The predicted molar refractivity (Wildman–Crippen MR) is 96.7 cm³/mol. The summed E-state index contributed by atoms with van der Waals surface area (Å²) in [5, 5.41) is 0. The number of hydrogen-bond acceptors (Lipinski definition) is 4. The van der Waals surface area contributed by atoms with Gasteiger partial charge in [-0.05, 0) is 11.1 Å². The summed E-state index contributed by atoms with van der Waals surface area (Å²) in [6, 6.07) is 17.5. The molecule has 8 heteroatoms. The van der Waals surface area contributed by atoms with Crippen molar-refractivity contribution in [2.75, 3.05) is 13.7 Å². The van der Waals surface area contributed by atoms with E-state index in [0.717, 1.165) is 12.7 Å². The summed E-state index contributed by atoms with van der Waals surface area (Å²) in [5.41, 5.74) is 1.38. The first kappa shape index (κ1) is 21.7. The van der Waals surface area contributed by atoms with E-state index < -0.39 is 30.3 Å². The zero-order valence-electron chi connectivity index (χ0n) is 15.8. The molecule has 0 radical (unpaired) electrons. The minimum atomic E-state index is -4.56. The molecule has 1 aliphatic heterocycles. The van der Waals surface area contributed by atoms with Crippen LogP contribution in [0.25, 0.3) is 0 Å². The fraction of sp³-hybridized carbons (Fsp3) is 0.429. The van der Waals surface area contributed by atoms with Crippen LogP contribution in [0.2, 0.25) is 0 Å². The zero-order valence-corrected chi connectivity index (χ0v) is 15.8. The van der Waals surface area contributed by atoms with Gasteiger partial charge in [-0.15, -0.1) is 0 Å². The molecule has 0 aliphatic carbocycles. The Kier molecular flexibility index (Phi) is 6.89. The molecule has 2 aromatic rings. The lowest BCUT2D eigenvalue weighted by Crippen LogP contribution is -2.67. The van der Waals surface area contributed by atoms with Crippen molar-refractivity contribution in [3.8, 4) is 0 Å². The smallest absolute Gasteiger partial charge is 0.362 e. The third-order valence-corrected chi connectivity index (χ3v) is 4.61. The predicted octanol–water partition coefficient (Wildman–Crippen LogP) is 4.43. The van der Waals surface area contributed by atoms with E-state index in [9.17, 15) is 17.6 Å². The minimum absolute atomic E-state index is 0.117. The van der Waals surface area contributed by atoms with Crippen molar-refractivity contribution in [3.05, 3.63) is 71.8 Å². The van der Waals surface area contributed by atoms with Crippen LogP contribution in [-0.2, 0) is 32.2 Å². The van der Waals surface area contributed by atoms with Gasteiger partial charge >= 0.3 is 11.8 Å². The Morgan fingerprint density at radius 3 is 1.93 bits per heavy atom. The summed E-state index contributed by atoms with van der Waals surface area (Å²) < 4.78 is 78.2. The van der Waals surface area contributed by atoms with Gasteiger partial charge in [0.1, 0.15) is 6.10 Å². The van der Waals surface area contributed by atoms with Gasteiger partial charge in [-0.2, -0.15) is 17.6 Å². The summed E-state index contributed by atoms with van der Waals surface area (Å²) in [6.07, 6.45) is -6.05. The summed E-state index contributed by atoms with van der Waals surface area (Å²) in [5.74, 6) is -9.07. The van der Waals surface area contributed by atoms with Crippen LogP contribution in [0.15, 0.2) is 60.7 Å². The number of ether oxygens (including phenoxy) is 4. The number of hydrogen-bond donors (Lipinski definition) is 0. The van der Waals surface area contributed by atoms with Crippen LogP contribution in [0.5, 0.6) is 0 Å². The third kappa shape index (κ3) is 4.78. The molecule has 0 amide bonds. The van der Waals surface area contributed by atoms with Crippen molar-refractivity contribution in [1.82, 2.24) is 0 Å². The van der Waals surface area contributed by atoms with Gasteiger partial charge in [-0.25, -0.2) is 0 Å². The van der Waals surface area contributed by atoms with Crippen molar-refractivity contribution < 1.29 is 36.5 Å². The first-order valence-corrected chi connectivity index (χ1v) is 9.07. The van der Waals surface area contributed by atoms with Gasteiger partial charge in [0, 0.05) is 7.11 Å². The molecular formula is C21H22F4O4. The van der Waals surface area contributed by atoms with E-state index in [4.69, 9.17) is 14.2 Å². The van der Waals surface area contributed by atoms with Gasteiger partial charge in [0.25, 0.3) is 0 Å². The number of methoxy groups -OCH3 is 1. The van der Waals surface area contributed by atoms with Crippen molar-refractivity contribution in [2.24, 2.45) is 0 Å². The first-order valence-electron chi connectivity index (χ1n) is 9.07. The van der Waals surface area contributed by atoms with Crippen LogP contribution >= 0.6 is 0 Å². The lowest BCUT2D eigenvalue weighted by Gasteiger charge is -2.45. The average Bonchev–Trinajstić information content (AvgIpc) is 2.71. The van der Waals surface area contributed by atoms with Crippen molar-refractivity contribution in [1.29, 1.82) is 0 Å². The standard InChI is InChI=1S/C21H22F4O4/c1-26-19-21(24,25)20(22,23)18(28-13-16-10-6-3-7-11-16)17(29-19)14-27-12-15-8-4-2-5-9-15/h2-11,17-19H,12-14H2,1H3/t17-,18+,19?/m1/s1. The molecule has 1 saturated heterocycles. The lowest BCUT2D eigenvalue weighted by atomic mass is 9.96. The van der Waals surface area contributed by atoms with Crippen molar-refractivity contribution >= 4 is 0 Å². The van der Waals surface area contributed by atoms with Crippen LogP contribution in [-0.4, -0.2) is 44.1 Å². The van der Waals surface area contributed by atoms with E-state index in [2.05, 4.69) is 4.74 Å². The average molecular weight is 414 g/mol. The molecule has 0 bridgehead atoms. The Morgan fingerprint density at radius 2 is 1.38 bits per heavy atom. The highest BCUT2D eigenvalue weighted by Gasteiger charge is 2.72. The van der Waals surface area contributed by atoms with E-state index in [1.165, 1.54) is 0 Å². The fourth-order valence-corrected chi connectivity index (χ4v) is 3.07. The summed E-state index contributed by atoms with van der Waals surface area (Å²) in [4.78, 5) is 0. The van der Waals surface area contributed by atoms with Gasteiger partial charge in [-0.3, -0.25) is 0 Å². The monoisotopic (exact) mass is 414 g/mol. The van der Waals surface area contributed by atoms with Gasteiger partial charge in [0.2, 0.25) is 6.29 Å². The SMILES string of the molecule is COC1O[C@H](COCc2ccccc2)[C@H](OCc2ccccc2)C(F)(F)C1(F)F. The van der Waals surface area contributed by atoms with Crippen LogP contribution in [0.1, 0.15) is 11.1 Å². The minimum Gasteiger partial charge on any atom is -0.374 e. The van der Waals surface area contributed by atoms with E-state index in [0.29, 0.717) is 5.56 Å².